The topological polar surface area (TPSA) is 44.5 Å². The molecule has 0 aliphatic carbocycles. The van der Waals surface area contributed by atoms with Crippen molar-refractivity contribution in [2.45, 2.75) is 13.2 Å². The first-order valence-electron chi connectivity index (χ1n) is 5.94. The largest absolute Gasteiger partial charge is 0.495 e. The molecule has 0 amide bonds. The fourth-order valence-electron chi connectivity index (χ4n) is 1.77. The van der Waals surface area contributed by atoms with E-state index in [0.717, 1.165) is 16.1 Å². The third-order valence-corrected chi connectivity index (χ3v) is 3.15. The molecule has 2 N–H and O–H groups in total. The fraction of sp³-hybridized carbons (Fsp3) is 0.200. The lowest BCUT2D eigenvalue weighted by Crippen LogP contribution is -1.97. The summed E-state index contributed by atoms with van der Waals surface area (Å²) in [5.41, 5.74) is 8.43. The van der Waals surface area contributed by atoms with Crippen LogP contribution in [0.1, 0.15) is 11.1 Å². The molecule has 0 radical (unpaired) electrons. The molecule has 0 saturated heterocycles. The number of nitrogens with two attached hydrogens (primary N) is 1. The van der Waals surface area contributed by atoms with Crippen molar-refractivity contribution >= 4 is 17.3 Å². The lowest BCUT2D eigenvalue weighted by atomic mass is 10.2. The number of nitrogen functional groups attached to an aromatic ring is 1. The molecule has 100 valence electrons. The predicted molar refractivity (Wildman–Crippen MR) is 77.4 cm³/mol. The van der Waals surface area contributed by atoms with Gasteiger partial charge in [-0.15, -0.1) is 0 Å². The van der Waals surface area contributed by atoms with E-state index < -0.39 is 0 Å². The first kappa shape index (κ1) is 13.7. The van der Waals surface area contributed by atoms with E-state index in [1.54, 1.807) is 7.11 Å². The van der Waals surface area contributed by atoms with Crippen molar-refractivity contribution in [2.75, 3.05) is 12.8 Å². The van der Waals surface area contributed by atoms with Gasteiger partial charge in [0.25, 0.3) is 0 Å². The molecule has 2 aromatic rings. The van der Waals surface area contributed by atoms with Crippen molar-refractivity contribution in [3.63, 3.8) is 0 Å². The maximum Gasteiger partial charge on any atom is 0.141 e. The predicted octanol–water partition coefficient (Wildman–Crippen LogP) is 3.65. The van der Waals surface area contributed by atoms with E-state index in [1.165, 1.54) is 0 Å². The Hall–Kier alpha value is -1.71. The van der Waals surface area contributed by atoms with Gasteiger partial charge in [0, 0.05) is 5.02 Å². The Balaban J connectivity index is 1.93. The Bertz CT molecular complexity index is 558. The van der Waals surface area contributed by atoms with E-state index in [4.69, 9.17) is 26.8 Å². The zero-order chi connectivity index (χ0) is 13.7. The number of hydrogen-bond donors (Lipinski definition) is 1. The molecule has 19 heavy (non-hydrogen) atoms. The summed E-state index contributed by atoms with van der Waals surface area (Å²) in [5, 5.41) is 0.719. The fourth-order valence-corrected chi connectivity index (χ4v) is 1.96. The van der Waals surface area contributed by atoms with E-state index in [2.05, 4.69) is 0 Å². The quantitative estimate of drug-likeness (QED) is 0.849. The highest BCUT2D eigenvalue weighted by atomic mass is 35.5. The maximum atomic E-state index is 6.05. The highest BCUT2D eigenvalue weighted by molar-refractivity contribution is 6.31. The monoisotopic (exact) mass is 277 g/mol. The van der Waals surface area contributed by atoms with Gasteiger partial charge in [-0.1, -0.05) is 35.9 Å². The average Bonchev–Trinajstić information content (AvgIpc) is 2.41. The third kappa shape index (κ3) is 3.63. The Morgan fingerprint density at radius 2 is 1.89 bits per heavy atom. The number of hydrogen-bond acceptors (Lipinski definition) is 3. The van der Waals surface area contributed by atoms with Crippen LogP contribution in [0.4, 0.5) is 5.69 Å². The summed E-state index contributed by atoms with van der Waals surface area (Å²) in [6, 6.07) is 13.3. The van der Waals surface area contributed by atoms with Crippen LogP contribution >= 0.6 is 11.6 Å². The number of benzene rings is 2. The van der Waals surface area contributed by atoms with Gasteiger partial charge in [-0.05, 0) is 29.3 Å². The summed E-state index contributed by atoms with van der Waals surface area (Å²) in [4.78, 5) is 0. The summed E-state index contributed by atoms with van der Waals surface area (Å²) in [7, 11) is 1.60. The number of halogens is 1. The lowest BCUT2D eigenvalue weighted by molar-refractivity contribution is 0.107. The van der Waals surface area contributed by atoms with Crippen molar-refractivity contribution in [3.05, 3.63) is 58.6 Å². The van der Waals surface area contributed by atoms with E-state index in [0.29, 0.717) is 24.7 Å². The molecule has 0 bridgehead atoms. The molecule has 3 nitrogen and oxygen atoms in total. The summed E-state index contributed by atoms with van der Waals surface area (Å²) in [6.07, 6.45) is 0. The molecule has 2 rings (SSSR count). The second-order valence-electron chi connectivity index (χ2n) is 4.16. The van der Waals surface area contributed by atoms with E-state index in [9.17, 15) is 0 Å². The molecule has 0 aromatic heterocycles. The summed E-state index contributed by atoms with van der Waals surface area (Å²) < 4.78 is 10.7. The van der Waals surface area contributed by atoms with Gasteiger partial charge in [0.1, 0.15) is 5.75 Å². The van der Waals surface area contributed by atoms with Crippen LogP contribution in [0.15, 0.2) is 42.5 Å². The molecule has 4 heteroatoms. The Labute approximate surface area is 117 Å². The van der Waals surface area contributed by atoms with Crippen molar-refractivity contribution < 1.29 is 9.47 Å². The van der Waals surface area contributed by atoms with Crippen molar-refractivity contribution in [1.29, 1.82) is 0 Å². The van der Waals surface area contributed by atoms with Crippen LogP contribution in [-0.4, -0.2) is 7.11 Å². The highest BCUT2D eigenvalue weighted by Crippen LogP contribution is 2.23. The zero-order valence-electron chi connectivity index (χ0n) is 10.7. The maximum absolute atomic E-state index is 6.05. The second-order valence-corrected chi connectivity index (χ2v) is 4.57. The molecule has 0 aliphatic rings. The van der Waals surface area contributed by atoms with E-state index in [1.807, 2.05) is 42.5 Å². The van der Waals surface area contributed by atoms with Crippen LogP contribution in [0.25, 0.3) is 0 Å². The normalized spacial score (nSPS) is 10.4. The number of rotatable bonds is 5. The molecular formula is C15H16ClNO2. The van der Waals surface area contributed by atoms with Gasteiger partial charge in [0.2, 0.25) is 0 Å². The average molecular weight is 278 g/mol. The molecule has 0 heterocycles. The van der Waals surface area contributed by atoms with Crippen LogP contribution in [0.2, 0.25) is 5.02 Å². The van der Waals surface area contributed by atoms with Gasteiger partial charge in [0.05, 0.1) is 26.0 Å². The van der Waals surface area contributed by atoms with Gasteiger partial charge in [-0.3, -0.25) is 0 Å². The first-order chi connectivity index (χ1) is 9.20. The minimum absolute atomic E-state index is 0.478. The Kier molecular flexibility index (Phi) is 4.66. The molecule has 2 aromatic carbocycles. The second kappa shape index (κ2) is 6.45. The molecule has 0 aliphatic heterocycles. The molecular weight excluding hydrogens is 262 g/mol. The SMILES string of the molecule is COc1ccc(COCc2ccccc2Cl)cc1N. The lowest BCUT2D eigenvalue weighted by Gasteiger charge is -2.09. The number of anilines is 1. The number of methoxy groups -OCH3 is 1. The highest BCUT2D eigenvalue weighted by Gasteiger charge is 2.02. The van der Waals surface area contributed by atoms with Gasteiger partial charge < -0.3 is 15.2 Å². The Morgan fingerprint density at radius 3 is 2.58 bits per heavy atom. The van der Waals surface area contributed by atoms with Crippen LogP contribution in [-0.2, 0) is 18.0 Å². The van der Waals surface area contributed by atoms with Crippen molar-refractivity contribution in [3.8, 4) is 5.75 Å². The Morgan fingerprint density at radius 1 is 1.11 bits per heavy atom. The van der Waals surface area contributed by atoms with Crippen molar-refractivity contribution in [1.82, 2.24) is 0 Å². The van der Waals surface area contributed by atoms with Crippen LogP contribution < -0.4 is 10.5 Å². The molecule has 0 unspecified atom stereocenters. The third-order valence-electron chi connectivity index (χ3n) is 2.78. The van der Waals surface area contributed by atoms with Crippen LogP contribution in [0.3, 0.4) is 0 Å². The molecule has 0 saturated carbocycles. The van der Waals surface area contributed by atoms with Crippen LogP contribution in [0.5, 0.6) is 5.75 Å². The minimum atomic E-state index is 0.478. The number of ether oxygens (including phenoxy) is 2. The summed E-state index contributed by atoms with van der Waals surface area (Å²) in [5.74, 6) is 0.676. The van der Waals surface area contributed by atoms with E-state index in [-0.39, 0.29) is 0 Å². The minimum Gasteiger partial charge on any atom is -0.495 e. The molecule has 0 spiro atoms. The molecule has 0 atom stereocenters. The smallest absolute Gasteiger partial charge is 0.141 e. The van der Waals surface area contributed by atoms with Gasteiger partial charge in [0.15, 0.2) is 0 Å². The summed E-state index contributed by atoms with van der Waals surface area (Å²) >= 11 is 6.05. The first-order valence-corrected chi connectivity index (χ1v) is 6.32. The van der Waals surface area contributed by atoms with Gasteiger partial charge in [-0.2, -0.15) is 0 Å². The van der Waals surface area contributed by atoms with E-state index >= 15 is 0 Å². The molecule has 0 fully saturated rings. The van der Waals surface area contributed by atoms with Crippen LogP contribution in [0, 0.1) is 0 Å². The van der Waals surface area contributed by atoms with Gasteiger partial charge in [-0.25, -0.2) is 0 Å². The zero-order valence-corrected chi connectivity index (χ0v) is 11.5. The van der Waals surface area contributed by atoms with Gasteiger partial charge >= 0.3 is 0 Å². The standard InChI is InChI=1S/C15H16ClNO2/c1-18-15-7-6-11(8-14(15)17)9-19-10-12-4-2-3-5-13(12)16/h2-8H,9-10,17H2,1H3. The summed E-state index contributed by atoms with van der Waals surface area (Å²) in [6.45, 7) is 0.963. The van der Waals surface area contributed by atoms with Crippen molar-refractivity contribution in [2.24, 2.45) is 0 Å².